The second-order valence-electron chi connectivity index (χ2n) is 5.56. The molecule has 0 aliphatic heterocycles. The molecule has 0 saturated carbocycles. The summed E-state index contributed by atoms with van der Waals surface area (Å²) < 4.78 is 25.6. The molecule has 3 aromatic rings. The van der Waals surface area contributed by atoms with E-state index in [2.05, 4.69) is 0 Å². The Bertz CT molecular complexity index is 1000. The molecule has 0 heterocycles. The Labute approximate surface area is 151 Å². The maximum Gasteiger partial charge on any atom is 0.269 e. The van der Waals surface area contributed by atoms with E-state index in [9.17, 15) is 18.5 Å². The fourth-order valence-electron chi connectivity index (χ4n) is 2.52. The minimum absolute atomic E-state index is 0.00691. The van der Waals surface area contributed by atoms with E-state index in [0.717, 1.165) is 11.1 Å². The number of hydrogen-bond donors (Lipinski definition) is 0. The Morgan fingerprint density at radius 3 is 1.65 bits per heavy atom. The molecule has 0 N–H and O–H groups in total. The number of nitro benzene ring substituents is 1. The van der Waals surface area contributed by atoms with Crippen LogP contribution in [-0.4, -0.2) is 13.3 Å². The number of sulfone groups is 1. The van der Waals surface area contributed by atoms with E-state index in [-0.39, 0.29) is 10.6 Å². The van der Waals surface area contributed by atoms with Crippen LogP contribution in [0.1, 0.15) is 11.1 Å². The van der Waals surface area contributed by atoms with Gasteiger partial charge in [-0.1, -0.05) is 60.7 Å². The molecule has 0 unspecified atom stereocenters. The molecular formula is C20H15NO4S. The first kappa shape index (κ1) is 17.6. The lowest BCUT2D eigenvalue weighted by Gasteiger charge is -2.09. The van der Waals surface area contributed by atoms with Gasteiger partial charge in [-0.25, -0.2) is 8.42 Å². The summed E-state index contributed by atoms with van der Waals surface area (Å²) in [6.07, 6.45) is 0. The summed E-state index contributed by atoms with van der Waals surface area (Å²) in [6, 6.07) is 23.3. The fourth-order valence-corrected chi connectivity index (χ4v) is 3.75. The maximum absolute atomic E-state index is 12.8. The predicted octanol–water partition coefficient (Wildman–Crippen LogP) is 4.46. The van der Waals surface area contributed by atoms with Gasteiger partial charge in [-0.05, 0) is 23.3 Å². The number of rotatable bonds is 5. The van der Waals surface area contributed by atoms with Gasteiger partial charge in [0.2, 0.25) is 0 Å². The van der Waals surface area contributed by atoms with Gasteiger partial charge in [0, 0.05) is 23.1 Å². The van der Waals surface area contributed by atoms with Gasteiger partial charge in [-0.2, -0.15) is 0 Å². The third-order valence-electron chi connectivity index (χ3n) is 3.82. The molecule has 3 aromatic carbocycles. The quantitative estimate of drug-likeness (QED) is 0.494. The van der Waals surface area contributed by atoms with Crippen LogP contribution in [0.5, 0.6) is 0 Å². The molecule has 0 bridgehead atoms. The SMILES string of the molecule is O=[N+]([O-])c1ccc(S(=O)(=O)C=C(c2ccccc2)c2ccccc2)cc1. The minimum atomic E-state index is -3.78. The zero-order valence-corrected chi connectivity index (χ0v) is 14.5. The van der Waals surface area contributed by atoms with Crippen molar-refractivity contribution < 1.29 is 13.3 Å². The Kier molecular flexibility index (Phi) is 4.95. The second kappa shape index (κ2) is 7.33. The van der Waals surface area contributed by atoms with Gasteiger partial charge in [-0.15, -0.1) is 0 Å². The molecule has 0 amide bonds. The third-order valence-corrected chi connectivity index (χ3v) is 5.29. The average Bonchev–Trinajstić information content (AvgIpc) is 2.67. The smallest absolute Gasteiger partial charge is 0.258 e. The molecule has 0 aromatic heterocycles. The Morgan fingerprint density at radius 1 is 0.769 bits per heavy atom. The number of nitro groups is 1. The van der Waals surface area contributed by atoms with Crippen molar-refractivity contribution in [1.29, 1.82) is 0 Å². The molecule has 6 heteroatoms. The van der Waals surface area contributed by atoms with Crippen LogP contribution >= 0.6 is 0 Å². The summed E-state index contributed by atoms with van der Waals surface area (Å²) in [4.78, 5) is 10.2. The van der Waals surface area contributed by atoms with Gasteiger partial charge in [0.1, 0.15) is 0 Å². The van der Waals surface area contributed by atoms with Gasteiger partial charge < -0.3 is 0 Å². The molecular weight excluding hydrogens is 350 g/mol. The van der Waals surface area contributed by atoms with Crippen LogP contribution in [0, 0.1) is 10.1 Å². The molecule has 0 saturated heterocycles. The molecule has 3 rings (SSSR count). The maximum atomic E-state index is 12.8. The lowest BCUT2D eigenvalue weighted by molar-refractivity contribution is -0.384. The third kappa shape index (κ3) is 3.87. The van der Waals surface area contributed by atoms with Gasteiger partial charge in [0.15, 0.2) is 9.84 Å². The van der Waals surface area contributed by atoms with Crippen LogP contribution < -0.4 is 0 Å². The molecule has 0 aliphatic rings. The van der Waals surface area contributed by atoms with E-state index in [1.165, 1.54) is 29.7 Å². The second-order valence-corrected chi connectivity index (χ2v) is 7.36. The van der Waals surface area contributed by atoms with Gasteiger partial charge in [0.05, 0.1) is 9.82 Å². The summed E-state index contributed by atoms with van der Waals surface area (Å²) in [7, 11) is -3.78. The molecule has 0 spiro atoms. The van der Waals surface area contributed by atoms with Crippen molar-refractivity contribution in [2.24, 2.45) is 0 Å². The normalized spacial score (nSPS) is 10.9. The van der Waals surface area contributed by atoms with Crippen LogP contribution in [0.25, 0.3) is 5.57 Å². The highest BCUT2D eigenvalue weighted by Gasteiger charge is 2.16. The first-order valence-electron chi connectivity index (χ1n) is 7.79. The van der Waals surface area contributed by atoms with E-state index in [1.54, 1.807) is 0 Å². The molecule has 130 valence electrons. The highest BCUT2D eigenvalue weighted by Crippen LogP contribution is 2.27. The lowest BCUT2D eigenvalue weighted by Crippen LogP contribution is -2.00. The lowest BCUT2D eigenvalue weighted by atomic mass is 10.00. The highest BCUT2D eigenvalue weighted by molar-refractivity contribution is 7.94. The van der Waals surface area contributed by atoms with E-state index >= 15 is 0 Å². The average molecular weight is 365 g/mol. The molecule has 5 nitrogen and oxygen atoms in total. The van der Waals surface area contributed by atoms with Crippen LogP contribution in [0.3, 0.4) is 0 Å². The van der Waals surface area contributed by atoms with Crippen molar-refractivity contribution in [3.05, 3.63) is 112 Å². The number of nitrogens with zero attached hydrogens (tertiary/aromatic N) is 1. The van der Waals surface area contributed by atoms with Crippen molar-refractivity contribution in [1.82, 2.24) is 0 Å². The topological polar surface area (TPSA) is 77.3 Å². The van der Waals surface area contributed by atoms with Crippen molar-refractivity contribution in [3.8, 4) is 0 Å². The first-order chi connectivity index (χ1) is 12.5. The highest BCUT2D eigenvalue weighted by atomic mass is 32.2. The summed E-state index contributed by atoms with van der Waals surface area (Å²) >= 11 is 0. The van der Waals surface area contributed by atoms with Gasteiger partial charge in [-0.3, -0.25) is 10.1 Å². The monoisotopic (exact) mass is 365 g/mol. The first-order valence-corrected chi connectivity index (χ1v) is 9.34. The molecule has 26 heavy (non-hydrogen) atoms. The summed E-state index contributed by atoms with van der Waals surface area (Å²) in [6.45, 7) is 0. The minimum Gasteiger partial charge on any atom is -0.258 e. The van der Waals surface area contributed by atoms with Crippen LogP contribution in [-0.2, 0) is 9.84 Å². The summed E-state index contributed by atoms with van der Waals surface area (Å²) in [5.74, 6) is 0. The molecule has 0 fully saturated rings. The zero-order valence-electron chi connectivity index (χ0n) is 13.6. The Hall–Kier alpha value is -3.25. The van der Waals surface area contributed by atoms with Crippen molar-refractivity contribution in [2.45, 2.75) is 4.90 Å². The van der Waals surface area contributed by atoms with Crippen molar-refractivity contribution in [3.63, 3.8) is 0 Å². The summed E-state index contributed by atoms with van der Waals surface area (Å²) in [5, 5.41) is 12.0. The number of benzene rings is 3. The Balaban J connectivity index is 2.11. The predicted molar refractivity (Wildman–Crippen MR) is 100 cm³/mol. The summed E-state index contributed by atoms with van der Waals surface area (Å²) in [5.41, 5.74) is 1.94. The van der Waals surface area contributed by atoms with E-state index in [0.29, 0.717) is 5.57 Å². The Morgan fingerprint density at radius 2 is 1.23 bits per heavy atom. The zero-order chi connectivity index (χ0) is 18.6. The van der Waals surface area contributed by atoms with Gasteiger partial charge >= 0.3 is 0 Å². The number of hydrogen-bond acceptors (Lipinski definition) is 4. The van der Waals surface area contributed by atoms with Crippen LogP contribution in [0.4, 0.5) is 5.69 Å². The standard InChI is InChI=1S/C20H15NO4S/c22-21(23)18-11-13-19(14-12-18)26(24,25)15-20(16-7-3-1-4-8-16)17-9-5-2-6-10-17/h1-15H. The largest absolute Gasteiger partial charge is 0.269 e. The van der Waals surface area contributed by atoms with Gasteiger partial charge in [0.25, 0.3) is 5.69 Å². The van der Waals surface area contributed by atoms with Crippen LogP contribution in [0.2, 0.25) is 0 Å². The molecule has 0 radical (unpaired) electrons. The molecule has 0 aliphatic carbocycles. The molecule has 0 atom stereocenters. The number of non-ortho nitro benzene ring substituents is 1. The van der Waals surface area contributed by atoms with E-state index in [1.807, 2.05) is 60.7 Å². The van der Waals surface area contributed by atoms with Crippen molar-refractivity contribution in [2.75, 3.05) is 0 Å². The van der Waals surface area contributed by atoms with E-state index in [4.69, 9.17) is 0 Å². The van der Waals surface area contributed by atoms with E-state index < -0.39 is 14.8 Å². The van der Waals surface area contributed by atoms with Crippen molar-refractivity contribution >= 4 is 21.1 Å². The fraction of sp³-hybridized carbons (Fsp3) is 0. The van der Waals surface area contributed by atoms with Crippen LogP contribution in [0.15, 0.2) is 95.2 Å².